The van der Waals surface area contributed by atoms with Gasteiger partial charge in [-0.3, -0.25) is 0 Å². The van der Waals surface area contributed by atoms with E-state index in [1.807, 2.05) is 11.9 Å². The monoisotopic (exact) mass is 494 g/mol. The van der Waals surface area contributed by atoms with Crippen LogP contribution < -0.4 is 14.4 Å². The van der Waals surface area contributed by atoms with Crippen LogP contribution in [0.5, 0.6) is 17.5 Å². The number of halogens is 1. The summed E-state index contributed by atoms with van der Waals surface area (Å²) in [4.78, 5) is 14.9. The Morgan fingerprint density at radius 1 is 1.14 bits per heavy atom. The van der Waals surface area contributed by atoms with E-state index < -0.39 is 6.17 Å². The van der Waals surface area contributed by atoms with Gasteiger partial charge in [-0.25, -0.2) is 19.3 Å². The number of aromatic hydroxyl groups is 1. The van der Waals surface area contributed by atoms with Crippen LogP contribution >= 0.6 is 0 Å². The van der Waals surface area contributed by atoms with Crippen molar-refractivity contribution in [2.75, 3.05) is 25.2 Å². The number of phenolic OH excluding ortho intramolecular Hbond substituents is 1. The summed E-state index contributed by atoms with van der Waals surface area (Å²) in [5.74, 6) is 1.46. The minimum Gasteiger partial charge on any atom is -0.507 e. The smallest absolute Gasteiger partial charge is 0.278 e. The second-order valence-corrected chi connectivity index (χ2v) is 9.93. The van der Waals surface area contributed by atoms with E-state index in [-0.39, 0.29) is 23.0 Å². The van der Waals surface area contributed by atoms with Gasteiger partial charge in [0.2, 0.25) is 0 Å². The number of rotatable bonds is 6. The van der Waals surface area contributed by atoms with Gasteiger partial charge in [-0.2, -0.15) is 0 Å². The fraction of sp³-hybridized carbons (Fsp3) is 0.500. The summed E-state index contributed by atoms with van der Waals surface area (Å²) >= 11 is 0. The lowest BCUT2D eigenvalue weighted by atomic mass is 9.70. The lowest BCUT2D eigenvalue weighted by molar-refractivity contribution is 0.102. The molecule has 0 spiro atoms. The molecule has 0 radical (unpaired) electrons. The first kappa shape index (κ1) is 24.1. The number of phenols is 1. The van der Waals surface area contributed by atoms with Gasteiger partial charge in [0.05, 0.1) is 29.7 Å². The van der Waals surface area contributed by atoms with Crippen molar-refractivity contribution in [3.8, 4) is 40.2 Å². The van der Waals surface area contributed by atoms with E-state index in [9.17, 15) is 9.50 Å². The number of fused-ring (bicyclic) bond motifs is 1. The molecule has 1 aliphatic heterocycles. The second kappa shape index (κ2) is 9.83. The zero-order valence-corrected chi connectivity index (χ0v) is 20.8. The molecular weight excluding hydrogens is 463 g/mol. The van der Waals surface area contributed by atoms with Crippen LogP contribution in [0.15, 0.2) is 30.6 Å². The highest BCUT2D eigenvalue weighted by molar-refractivity contribution is 5.71. The third-order valence-electron chi connectivity index (χ3n) is 7.21. The van der Waals surface area contributed by atoms with Gasteiger partial charge in [0.25, 0.3) is 11.8 Å². The van der Waals surface area contributed by atoms with Crippen LogP contribution in [0.1, 0.15) is 46.0 Å². The van der Waals surface area contributed by atoms with E-state index in [1.165, 1.54) is 0 Å². The first-order valence-corrected chi connectivity index (χ1v) is 12.4. The Kier molecular flexibility index (Phi) is 6.59. The Morgan fingerprint density at radius 2 is 1.94 bits per heavy atom. The van der Waals surface area contributed by atoms with E-state index in [1.54, 1.807) is 30.6 Å². The molecule has 1 saturated carbocycles. The van der Waals surface area contributed by atoms with Crippen LogP contribution in [0, 0.1) is 5.41 Å². The fourth-order valence-corrected chi connectivity index (χ4v) is 5.20. The summed E-state index contributed by atoms with van der Waals surface area (Å²) < 4.78 is 25.8. The Hall–Kier alpha value is -3.56. The van der Waals surface area contributed by atoms with Crippen molar-refractivity contribution in [2.45, 2.75) is 58.2 Å². The molecule has 3 atom stereocenters. The Balaban J connectivity index is 1.33. The average molecular weight is 495 g/mol. The maximum Gasteiger partial charge on any atom is 0.278 e. The number of nitrogens with zero attached hydrogens (tertiary/aromatic N) is 6. The van der Waals surface area contributed by atoms with Crippen LogP contribution in [0.3, 0.4) is 0 Å². The van der Waals surface area contributed by atoms with Crippen molar-refractivity contribution in [3.05, 3.63) is 30.6 Å². The van der Waals surface area contributed by atoms with Crippen LogP contribution in [0.4, 0.5) is 10.2 Å². The first-order chi connectivity index (χ1) is 17.4. The zero-order chi connectivity index (χ0) is 25.3. The molecular formula is C26H31FN6O3. The van der Waals surface area contributed by atoms with Gasteiger partial charge < -0.3 is 19.5 Å². The van der Waals surface area contributed by atoms with Crippen molar-refractivity contribution in [1.82, 2.24) is 25.1 Å². The maximum atomic E-state index is 14.9. The van der Waals surface area contributed by atoms with Crippen LogP contribution in [0.25, 0.3) is 22.6 Å². The summed E-state index contributed by atoms with van der Waals surface area (Å²) in [6.07, 6.45) is 6.64. The number of ether oxygens (including phenoxy) is 2. The fourth-order valence-electron chi connectivity index (χ4n) is 5.20. The van der Waals surface area contributed by atoms with Gasteiger partial charge in [0, 0.05) is 12.6 Å². The predicted octanol–water partition coefficient (Wildman–Crippen LogP) is 4.61. The van der Waals surface area contributed by atoms with Gasteiger partial charge in [-0.15, -0.1) is 10.2 Å². The van der Waals surface area contributed by atoms with Crippen LogP contribution in [0.2, 0.25) is 0 Å². The highest BCUT2D eigenvalue weighted by Gasteiger charge is 2.39. The normalized spacial score (nSPS) is 23.3. The molecule has 9 nitrogen and oxygen atoms in total. The van der Waals surface area contributed by atoms with Crippen molar-refractivity contribution >= 4 is 5.82 Å². The molecule has 0 bridgehead atoms. The highest BCUT2D eigenvalue weighted by atomic mass is 19.1. The lowest BCUT2D eigenvalue weighted by Crippen LogP contribution is -2.47. The quantitative estimate of drug-likeness (QED) is 0.526. The molecule has 1 fully saturated rings. The molecule has 1 aliphatic carbocycles. The van der Waals surface area contributed by atoms with E-state index in [4.69, 9.17) is 9.47 Å². The Bertz CT molecular complexity index is 1230. The molecule has 0 saturated heterocycles. The third kappa shape index (κ3) is 4.76. The molecule has 2 aliphatic rings. The molecule has 3 aromatic rings. The lowest BCUT2D eigenvalue weighted by Gasteiger charge is -2.43. The van der Waals surface area contributed by atoms with Gasteiger partial charge in [-0.1, -0.05) is 26.3 Å². The second-order valence-electron chi connectivity index (χ2n) is 9.93. The number of hydrogen-bond acceptors (Lipinski definition) is 9. The van der Waals surface area contributed by atoms with E-state index in [2.05, 4.69) is 39.0 Å². The molecule has 2 aromatic heterocycles. The topological polar surface area (TPSA) is 106 Å². The summed E-state index contributed by atoms with van der Waals surface area (Å²) in [6.45, 7) is 5.27. The van der Waals surface area contributed by atoms with Gasteiger partial charge in [0.15, 0.2) is 11.6 Å². The third-order valence-corrected chi connectivity index (χ3v) is 7.21. The summed E-state index contributed by atoms with van der Waals surface area (Å²) in [6, 6.07) is 4.81. The Morgan fingerprint density at radius 3 is 2.67 bits per heavy atom. The van der Waals surface area contributed by atoms with Gasteiger partial charge in [0.1, 0.15) is 25.1 Å². The largest absolute Gasteiger partial charge is 0.507 e. The SMILES string of the molecule is CCC[C@]1(C)CC[C@H](F)[C@H](N(C)c2cnc(-c3ccc(-c4cnc5c(n4)OCCO5)cc3O)nn2)C1. The van der Waals surface area contributed by atoms with E-state index in [0.29, 0.717) is 54.0 Å². The highest BCUT2D eigenvalue weighted by Crippen LogP contribution is 2.43. The number of benzene rings is 1. The molecule has 1 N–H and O–H groups in total. The van der Waals surface area contributed by atoms with Crippen molar-refractivity contribution in [2.24, 2.45) is 5.41 Å². The van der Waals surface area contributed by atoms with Gasteiger partial charge in [-0.05, 0) is 43.2 Å². The standard InChI is InChI=1S/C26H31FN6O3/c1-4-8-26(2)9-7-18(27)20(13-26)33(3)22-15-28-23(32-31-22)17-6-5-16(12-21(17)34)19-14-29-24-25(30-19)36-11-10-35-24/h5-6,12,14-15,18,20,34H,4,7-11,13H2,1-3H3/t18-,20+,26+/m0/s1. The molecule has 190 valence electrons. The molecule has 3 heterocycles. The van der Waals surface area contributed by atoms with E-state index >= 15 is 0 Å². The molecule has 36 heavy (non-hydrogen) atoms. The molecule has 0 amide bonds. The maximum absolute atomic E-state index is 14.9. The number of aromatic nitrogens is 5. The average Bonchev–Trinajstić information content (AvgIpc) is 2.90. The number of hydrogen-bond donors (Lipinski definition) is 1. The Labute approximate surface area is 209 Å². The minimum atomic E-state index is -0.915. The van der Waals surface area contributed by atoms with Crippen molar-refractivity contribution in [3.63, 3.8) is 0 Å². The van der Waals surface area contributed by atoms with Gasteiger partial charge >= 0.3 is 0 Å². The minimum absolute atomic E-state index is 0.0153. The first-order valence-electron chi connectivity index (χ1n) is 12.4. The summed E-state index contributed by atoms with van der Waals surface area (Å²) in [7, 11) is 1.85. The van der Waals surface area contributed by atoms with Crippen molar-refractivity contribution < 1.29 is 19.0 Å². The summed E-state index contributed by atoms with van der Waals surface area (Å²) in [5.41, 5.74) is 1.76. The van der Waals surface area contributed by atoms with Crippen molar-refractivity contribution in [1.29, 1.82) is 0 Å². The number of anilines is 1. The predicted molar refractivity (Wildman–Crippen MR) is 133 cm³/mol. The molecule has 1 aromatic carbocycles. The number of alkyl halides is 1. The van der Waals surface area contributed by atoms with E-state index in [0.717, 1.165) is 25.7 Å². The van der Waals surface area contributed by atoms with Crippen LogP contribution in [-0.4, -0.2) is 62.7 Å². The molecule has 10 heteroatoms. The summed E-state index contributed by atoms with van der Waals surface area (Å²) in [5, 5.41) is 19.2. The molecule has 0 unspecified atom stereocenters. The van der Waals surface area contributed by atoms with Crippen LogP contribution in [-0.2, 0) is 0 Å². The zero-order valence-electron chi connectivity index (χ0n) is 20.8. The molecule has 5 rings (SSSR count).